The summed E-state index contributed by atoms with van der Waals surface area (Å²) in [7, 11) is 0. The van der Waals surface area contributed by atoms with E-state index in [-0.39, 0.29) is 25.0 Å². The Morgan fingerprint density at radius 3 is 2.67 bits per heavy atom. The van der Waals surface area contributed by atoms with Crippen LogP contribution in [-0.4, -0.2) is 37.7 Å². The van der Waals surface area contributed by atoms with Gasteiger partial charge in [-0.3, -0.25) is 9.59 Å². The molecule has 1 N–H and O–H groups in total. The number of rotatable bonds is 5. The Kier molecular flexibility index (Phi) is 5.03. The molecule has 0 spiro atoms. The summed E-state index contributed by atoms with van der Waals surface area (Å²) < 4.78 is 15.8. The predicted octanol–water partition coefficient (Wildman–Crippen LogP) is 1.07. The van der Waals surface area contributed by atoms with Crippen molar-refractivity contribution >= 4 is 11.9 Å². The van der Waals surface area contributed by atoms with E-state index >= 15 is 0 Å². The molecule has 0 saturated carbocycles. The molecule has 6 nitrogen and oxygen atoms in total. The minimum atomic E-state index is -0.453. The molecule has 0 saturated heterocycles. The van der Waals surface area contributed by atoms with Crippen LogP contribution in [0.25, 0.3) is 0 Å². The zero-order valence-electron chi connectivity index (χ0n) is 12.2. The number of hydrogen-bond donors (Lipinski definition) is 1. The van der Waals surface area contributed by atoms with Crippen molar-refractivity contribution in [3.8, 4) is 11.5 Å². The van der Waals surface area contributed by atoms with Crippen LogP contribution in [0, 0.1) is 0 Å². The number of hydrogen-bond acceptors (Lipinski definition) is 5. The molecule has 1 amide bonds. The third-order valence-electron chi connectivity index (χ3n) is 2.77. The van der Waals surface area contributed by atoms with E-state index in [4.69, 9.17) is 14.2 Å². The number of esters is 1. The molecule has 0 bridgehead atoms. The molecule has 1 aliphatic rings. The SMILES string of the molecule is CC(C)NC(=O)COC(=O)Cc1ccc2c(c1)OCCO2. The lowest BCUT2D eigenvalue weighted by atomic mass is 10.1. The van der Waals surface area contributed by atoms with Gasteiger partial charge in [-0.1, -0.05) is 6.07 Å². The van der Waals surface area contributed by atoms with Gasteiger partial charge >= 0.3 is 5.97 Å². The minimum absolute atomic E-state index is 0.0222. The molecule has 1 aliphatic heterocycles. The van der Waals surface area contributed by atoms with Crippen molar-refractivity contribution in [1.29, 1.82) is 0 Å². The van der Waals surface area contributed by atoms with Crippen LogP contribution in [0.15, 0.2) is 18.2 Å². The fourth-order valence-electron chi connectivity index (χ4n) is 1.93. The molecule has 0 unspecified atom stereocenters. The molecule has 114 valence electrons. The average Bonchev–Trinajstić information content (AvgIpc) is 2.44. The highest BCUT2D eigenvalue weighted by Gasteiger charge is 2.14. The third kappa shape index (κ3) is 4.66. The highest BCUT2D eigenvalue weighted by atomic mass is 16.6. The lowest BCUT2D eigenvalue weighted by Crippen LogP contribution is -2.34. The average molecular weight is 293 g/mol. The summed E-state index contributed by atoms with van der Waals surface area (Å²) in [5.41, 5.74) is 0.758. The van der Waals surface area contributed by atoms with Crippen LogP contribution in [0.4, 0.5) is 0 Å². The normalized spacial score (nSPS) is 12.9. The quantitative estimate of drug-likeness (QED) is 0.822. The monoisotopic (exact) mass is 293 g/mol. The summed E-state index contributed by atoms with van der Waals surface area (Å²) in [6.45, 7) is 4.45. The molecule has 21 heavy (non-hydrogen) atoms. The largest absolute Gasteiger partial charge is 0.486 e. The van der Waals surface area contributed by atoms with Crippen LogP contribution in [0.1, 0.15) is 19.4 Å². The van der Waals surface area contributed by atoms with Crippen LogP contribution < -0.4 is 14.8 Å². The Bertz CT molecular complexity index is 527. The fraction of sp³-hybridized carbons (Fsp3) is 0.467. The van der Waals surface area contributed by atoms with Crippen LogP contribution in [-0.2, 0) is 20.7 Å². The molecule has 0 fully saturated rings. The van der Waals surface area contributed by atoms with Crippen LogP contribution >= 0.6 is 0 Å². The van der Waals surface area contributed by atoms with E-state index in [0.29, 0.717) is 24.7 Å². The zero-order valence-corrected chi connectivity index (χ0v) is 12.2. The zero-order chi connectivity index (χ0) is 15.2. The van der Waals surface area contributed by atoms with E-state index < -0.39 is 5.97 Å². The maximum atomic E-state index is 11.7. The smallest absolute Gasteiger partial charge is 0.310 e. The second-order valence-electron chi connectivity index (χ2n) is 5.04. The van der Waals surface area contributed by atoms with Gasteiger partial charge in [0.05, 0.1) is 6.42 Å². The summed E-state index contributed by atoms with van der Waals surface area (Å²) in [6, 6.07) is 5.32. The van der Waals surface area contributed by atoms with Gasteiger partial charge in [-0.05, 0) is 31.5 Å². The van der Waals surface area contributed by atoms with Gasteiger partial charge in [0.1, 0.15) is 13.2 Å². The molecule has 0 aromatic heterocycles. The fourth-order valence-corrected chi connectivity index (χ4v) is 1.93. The molecule has 6 heteroatoms. The van der Waals surface area contributed by atoms with Crippen LogP contribution in [0.2, 0.25) is 0 Å². The van der Waals surface area contributed by atoms with Crippen LogP contribution in [0.5, 0.6) is 11.5 Å². The van der Waals surface area contributed by atoms with Gasteiger partial charge in [0, 0.05) is 6.04 Å². The number of carbonyl (C=O) groups excluding carboxylic acids is 2. The Balaban J connectivity index is 1.84. The summed E-state index contributed by atoms with van der Waals surface area (Å²) in [6.07, 6.45) is 0.0889. The number of benzene rings is 1. The minimum Gasteiger partial charge on any atom is -0.486 e. The highest BCUT2D eigenvalue weighted by Crippen LogP contribution is 2.30. The molecular weight excluding hydrogens is 274 g/mol. The van der Waals surface area contributed by atoms with Crippen molar-refractivity contribution in [2.24, 2.45) is 0 Å². The molecule has 1 aromatic rings. The van der Waals surface area contributed by atoms with Crippen molar-refractivity contribution in [1.82, 2.24) is 5.32 Å². The molecule has 1 aromatic carbocycles. The first-order valence-electron chi connectivity index (χ1n) is 6.88. The Morgan fingerprint density at radius 2 is 1.95 bits per heavy atom. The number of amides is 1. The number of fused-ring (bicyclic) bond motifs is 1. The summed E-state index contributed by atoms with van der Waals surface area (Å²) in [5.74, 6) is 0.546. The predicted molar refractivity (Wildman–Crippen MR) is 75.4 cm³/mol. The highest BCUT2D eigenvalue weighted by molar-refractivity contribution is 5.81. The van der Waals surface area contributed by atoms with Crippen molar-refractivity contribution in [2.75, 3.05) is 19.8 Å². The maximum Gasteiger partial charge on any atom is 0.310 e. The lowest BCUT2D eigenvalue weighted by molar-refractivity contribution is -0.148. The molecular formula is C15H19NO5. The van der Waals surface area contributed by atoms with E-state index in [0.717, 1.165) is 5.56 Å². The van der Waals surface area contributed by atoms with Crippen LogP contribution in [0.3, 0.4) is 0 Å². The molecule has 1 heterocycles. The topological polar surface area (TPSA) is 73.9 Å². The van der Waals surface area contributed by atoms with Gasteiger partial charge in [0.15, 0.2) is 18.1 Å². The number of nitrogens with one attached hydrogen (secondary N) is 1. The first kappa shape index (κ1) is 15.2. The van der Waals surface area contributed by atoms with E-state index in [1.165, 1.54) is 0 Å². The third-order valence-corrected chi connectivity index (χ3v) is 2.77. The van der Waals surface area contributed by atoms with E-state index in [1.54, 1.807) is 18.2 Å². The first-order valence-corrected chi connectivity index (χ1v) is 6.88. The number of ether oxygens (including phenoxy) is 3. The van der Waals surface area contributed by atoms with Gasteiger partial charge in [0.2, 0.25) is 0 Å². The van der Waals surface area contributed by atoms with Gasteiger partial charge in [0.25, 0.3) is 5.91 Å². The van der Waals surface area contributed by atoms with E-state index in [2.05, 4.69) is 5.32 Å². The summed E-state index contributed by atoms with van der Waals surface area (Å²) in [5, 5.41) is 2.65. The Hall–Kier alpha value is -2.24. The molecule has 0 aliphatic carbocycles. The second-order valence-corrected chi connectivity index (χ2v) is 5.04. The maximum absolute atomic E-state index is 11.7. The first-order chi connectivity index (χ1) is 10.0. The van der Waals surface area contributed by atoms with Gasteiger partial charge in [-0.25, -0.2) is 0 Å². The number of carbonyl (C=O) groups is 2. The Labute approximate surface area is 123 Å². The second kappa shape index (κ2) is 6.97. The van der Waals surface area contributed by atoms with Crippen molar-refractivity contribution in [2.45, 2.75) is 26.3 Å². The molecule has 0 radical (unpaired) electrons. The summed E-state index contributed by atoms with van der Waals surface area (Å²) in [4.78, 5) is 23.1. The van der Waals surface area contributed by atoms with Crippen molar-refractivity contribution in [3.05, 3.63) is 23.8 Å². The van der Waals surface area contributed by atoms with E-state index in [1.807, 2.05) is 13.8 Å². The van der Waals surface area contributed by atoms with Crippen molar-refractivity contribution < 1.29 is 23.8 Å². The molecule has 2 rings (SSSR count). The summed E-state index contributed by atoms with van der Waals surface area (Å²) >= 11 is 0. The van der Waals surface area contributed by atoms with Gasteiger partial charge in [-0.2, -0.15) is 0 Å². The van der Waals surface area contributed by atoms with Gasteiger partial charge in [-0.15, -0.1) is 0 Å². The van der Waals surface area contributed by atoms with E-state index in [9.17, 15) is 9.59 Å². The van der Waals surface area contributed by atoms with Crippen molar-refractivity contribution in [3.63, 3.8) is 0 Å². The standard InChI is InChI=1S/C15H19NO5/c1-10(2)16-14(17)9-21-15(18)8-11-3-4-12-13(7-11)20-6-5-19-12/h3-4,7,10H,5-6,8-9H2,1-2H3,(H,16,17). The lowest BCUT2D eigenvalue weighted by Gasteiger charge is -2.18. The Morgan fingerprint density at radius 1 is 1.24 bits per heavy atom. The molecule has 0 atom stereocenters. The van der Waals surface area contributed by atoms with Gasteiger partial charge < -0.3 is 19.5 Å².